The molecule has 2 aliphatic carbocycles. The van der Waals surface area contributed by atoms with Crippen LogP contribution in [0.5, 0.6) is 0 Å². The van der Waals surface area contributed by atoms with Gasteiger partial charge in [-0.1, -0.05) is 19.1 Å². The monoisotopic (exact) mass is 356 g/mol. The summed E-state index contributed by atoms with van der Waals surface area (Å²) in [6.45, 7) is 2.52. The summed E-state index contributed by atoms with van der Waals surface area (Å²) in [6.07, 6.45) is 8.89. The first-order chi connectivity index (χ1) is 12.5. The van der Waals surface area contributed by atoms with Crippen LogP contribution in [0, 0.1) is 22.7 Å². The molecule has 0 radical (unpaired) electrons. The molecular formula is C20H20O6. The van der Waals surface area contributed by atoms with Crippen molar-refractivity contribution in [3.8, 4) is 0 Å². The zero-order valence-electron chi connectivity index (χ0n) is 14.5. The van der Waals surface area contributed by atoms with E-state index in [1.54, 1.807) is 12.5 Å². The minimum Gasteiger partial charge on any atom is -0.472 e. The van der Waals surface area contributed by atoms with E-state index < -0.39 is 11.0 Å². The van der Waals surface area contributed by atoms with Crippen LogP contribution in [-0.4, -0.2) is 30.3 Å². The number of ether oxygens (including phenoxy) is 3. The highest BCUT2D eigenvalue weighted by molar-refractivity contribution is 5.81. The topological polar surface area (TPSA) is 78.3 Å². The fraction of sp³-hybridized carbons (Fsp3) is 0.600. The molecule has 7 atom stereocenters. The van der Waals surface area contributed by atoms with Crippen molar-refractivity contribution in [2.45, 2.75) is 44.0 Å². The van der Waals surface area contributed by atoms with E-state index in [0.29, 0.717) is 19.4 Å². The van der Waals surface area contributed by atoms with Gasteiger partial charge in [0, 0.05) is 11.0 Å². The van der Waals surface area contributed by atoms with Gasteiger partial charge < -0.3 is 18.6 Å². The normalized spacial score (nSPS) is 50.8. The summed E-state index contributed by atoms with van der Waals surface area (Å²) in [4.78, 5) is 25.3. The third-order valence-electron chi connectivity index (χ3n) is 7.76. The lowest BCUT2D eigenvalue weighted by Gasteiger charge is -2.57. The maximum atomic E-state index is 12.9. The number of carbonyl (C=O) groups is 2. The van der Waals surface area contributed by atoms with Crippen molar-refractivity contribution in [3.05, 3.63) is 36.3 Å². The summed E-state index contributed by atoms with van der Waals surface area (Å²) in [5, 5.41) is 0. The lowest BCUT2D eigenvalue weighted by molar-refractivity contribution is -0.198. The molecule has 6 rings (SSSR count). The van der Waals surface area contributed by atoms with Gasteiger partial charge in [-0.15, -0.1) is 0 Å². The number of furan rings is 1. The second-order valence-corrected chi connectivity index (χ2v) is 8.60. The van der Waals surface area contributed by atoms with Crippen LogP contribution in [0.25, 0.3) is 0 Å². The van der Waals surface area contributed by atoms with Crippen molar-refractivity contribution < 1.29 is 28.2 Å². The van der Waals surface area contributed by atoms with E-state index in [2.05, 4.69) is 6.92 Å². The molecule has 6 heteroatoms. The fourth-order valence-corrected chi connectivity index (χ4v) is 6.55. The van der Waals surface area contributed by atoms with Crippen LogP contribution >= 0.6 is 0 Å². The Bertz CT molecular complexity index is 842. The van der Waals surface area contributed by atoms with E-state index in [9.17, 15) is 9.59 Å². The molecule has 4 fully saturated rings. The highest BCUT2D eigenvalue weighted by Crippen LogP contribution is 2.76. The first kappa shape index (κ1) is 15.0. The first-order valence-electron chi connectivity index (χ1n) is 9.27. The minimum absolute atomic E-state index is 0.0584. The van der Waals surface area contributed by atoms with Crippen LogP contribution in [0.4, 0.5) is 0 Å². The van der Waals surface area contributed by atoms with E-state index in [0.717, 1.165) is 12.0 Å². The number of cyclic esters (lactones) is 2. The maximum Gasteiger partial charge on any atom is 0.313 e. The molecule has 0 unspecified atom stereocenters. The molecule has 3 saturated heterocycles. The van der Waals surface area contributed by atoms with E-state index in [-0.39, 0.29) is 41.4 Å². The van der Waals surface area contributed by atoms with Crippen molar-refractivity contribution in [2.24, 2.45) is 22.7 Å². The van der Waals surface area contributed by atoms with Gasteiger partial charge in [-0.2, -0.15) is 0 Å². The van der Waals surface area contributed by atoms with Crippen LogP contribution in [0.3, 0.4) is 0 Å². The van der Waals surface area contributed by atoms with Gasteiger partial charge >= 0.3 is 11.9 Å². The molecule has 0 bridgehead atoms. The average Bonchev–Trinajstić information content (AvgIpc) is 2.99. The van der Waals surface area contributed by atoms with Crippen molar-refractivity contribution >= 4 is 11.9 Å². The van der Waals surface area contributed by atoms with Gasteiger partial charge in [0.25, 0.3) is 0 Å². The standard InChI is InChI=1S/C20H20O6/c1-18-8-14(11-5-7-23-9-11)25-17(22)12(18)4-6-19-10-24-16(21)13(19)2-3-15-20(18,19)26-15/h2-3,5,7,9,12-15H,4,6,8,10H2,1H3/t12-,13+,14-,15+,18+,19-,20-/m1/s1. The zero-order chi connectivity index (χ0) is 17.7. The van der Waals surface area contributed by atoms with Crippen molar-refractivity contribution in [3.63, 3.8) is 0 Å². The molecule has 0 amide bonds. The largest absolute Gasteiger partial charge is 0.472 e. The van der Waals surface area contributed by atoms with Gasteiger partial charge in [0.2, 0.25) is 0 Å². The third kappa shape index (κ3) is 1.43. The van der Waals surface area contributed by atoms with Crippen molar-refractivity contribution in [1.29, 1.82) is 0 Å². The van der Waals surface area contributed by atoms with E-state index in [1.807, 2.05) is 18.2 Å². The Balaban J connectivity index is 1.49. The Morgan fingerprint density at radius 3 is 2.88 bits per heavy atom. The highest BCUT2D eigenvalue weighted by Gasteiger charge is 2.84. The van der Waals surface area contributed by atoms with Crippen LogP contribution in [0.2, 0.25) is 0 Å². The maximum absolute atomic E-state index is 12.9. The molecule has 136 valence electrons. The molecule has 6 nitrogen and oxygen atoms in total. The molecule has 2 spiro atoms. The quantitative estimate of drug-likeness (QED) is 0.437. The average molecular weight is 356 g/mol. The van der Waals surface area contributed by atoms with Crippen molar-refractivity contribution in [1.82, 2.24) is 0 Å². The predicted octanol–water partition coefficient (Wildman–Crippen LogP) is 2.55. The zero-order valence-corrected chi connectivity index (χ0v) is 14.5. The molecule has 3 aliphatic heterocycles. The van der Waals surface area contributed by atoms with E-state index in [1.165, 1.54) is 0 Å². The Morgan fingerprint density at radius 2 is 2.08 bits per heavy atom. The Morgan fingerprint density at radius 1 is 1.19 bits per heavy atom. The van der Waals surface area contributed by atoms with Gasteiger partial charge in [0.15, 0.2) is 0 Å². The van der Waals surface area contributed by atoms with Gasteiger partial charge in [0.05, 0.1) is 29.8 Å². The predicted molar refractivity (Wildman–Crippen MR) is 86.6 cm³/mol. The second kappa shape index (κ2) is 4.42. The molecule has 1 aromatic heterocycles. The van der Waals surface area contributed by atoms with Crippen LogP contribution in [-0.2, 0) is 23.8 Å². The number of fused-ring (bicyclic) bond motifs is 1. The molecule has 0 N–H and O–H groups in total. The number of epoxide rings is 1. The summed E-state index contributed by atoms with van der Waals surface area (Å²) in [7, 11) is 0. The molecule has 1 saturated carbocycles. The van der Waals surface area contributed by atoms with Gasteiger partial charge in [0.1, 0.15) is 24.4 Å². The van der Waals surface area contributed by atoms with E-state index >= 15 is 0 Å². The molecule has 0 aromatic carbocycles. The summed E-state index contributed by atoms with van der Waals surface area (Å²) in [5.41, 5.74) is -0.444. The Hall–Kier alpha value is -2.08. The lowest BCUT2D eigenvalue weighted by atomic mass is 9.44. The number of esters is 2. The summed E-state index contributed by atoms with van der Waals surface area (Å²) in [5.74, 6) is -0.824. The number of hydrogen-bond acceptors (Lipinski definition) is 6. The van der Waals surface area contributed by atoms with Crippen LogP contribution in [0.15, 0.2) is 35.2 Å². The van der Waals surface area contributed by atoms with Gasteiger partial charge in [-0.25, -0.2) is 0 Å². The Kier molecular flexibility index (Phi) is 2.55. The molecule has 26 heavy (non-hydrogen) atoms. The smallest absolute Gasteiger partial charge is 0.313 e. The molecule has 4 heterocycles. The number of rotatable bonds is 1. The highest BCUT2D eigenvalue weighted by atomic mass is 16.6. The summed E-state index contributed by atoms with van der Waals surface area (Å²) in [6, 6.07) is 1.84. The van der Waals surface area contributed by atoms with Crippen LogP contribution < -0.4 is 0 Å². The fourth-order valence-electron chi connectivity index (χ4n) is 6.55. The van der Waals surface area contributed by atoms with Gasteiger partial charge in [-0.05, 0) is 25.3 Å². The SMILES string of the molecule is C[C@]12C[C@H](c3ccoc3)OC(=O)[C@H]1CC[C@@]13COC(=O)[C@@H]1C=C[C@@H]1O[C@@]132. The molecule has 1 aromatic rings. The van der Waals surface area contributed by atoms with Crippen LogP contribution in [0.1, 0.15) is 37.9 Å². The first-order valence-corrected chi connectivity index (χ1v) is 9.27. The second-order valence-electron chi connectivity index (χ2n) is 8.60. The number of carbonyl (C=O) groups excluding carboxylic acids is 2. The Labute approximate surface area is 150 Å². The summed E-state index contributed by atoms with van der Waals surface area (Å²) < 4.78 is 22.8. The third-order valence-corrected chi connectivity index (χ3v) is 7.76. The van der Waals surface area contributed by atoms with E-state index in [4.69, 9.17) is 18.6 Å². The van der Waals surface area contributed by atoms with Crippen molar-refractivity contribution in [2.75, 3.05) is 6.61 Å². The van der Waals surface area contributed by atoms with Gasteiger partial charge in [-0.3, -0.25) is 9.59 Å². The lowest BCUT2D eigenvalue weighted by Crippen LogP contribution is -2.65. The minimum atomic E-state index is -0.532. The molecular weight excluding hydrogens is 336 g/mol. The number of hydrogen-bond donors (Lipinski definition) is 0. The summed E-state index contributed by atoms with van der Waals surface area (Å²) >= 11 is 0. The molecule has 5 aliphatic rings.